The van der Waals surface area contributed by atoms with Crippen molar-refractivity contribution in [1.29, 1.82) is 0 Å². The molecule has 0 saturated heterocycles. The third kappa shape index (κ3) is 3.59. The monoisotopic (exact) mass is 350 g/mol. The molecule has 2 aromatic rings. The van der Waals surface area contributed by atoms with Crippen LogP contribution in [0.25, 0.3) is 0 Å². The van der Waals surface area contributed by atoms with Crippen LogP contribution in [0.2, 0.25) is 0 Å². The molecule has 1 saturated carbocycles. The summed E-state index contributed by atoms with van der Waals surface area (Å²) >= 11 is 3.46. The smallest absolute Gasteiger partial charge is 0.268 e. The van der Waals surface area contributed by atoms with E-state index in [1.807, 2.05) is 31.3 Å². The summed E-state index contributed by atoms with van der Waals surface area (Å²) in [6, 6.07) is 6.36. The molecule has 2 heterocycles. The van der Waals surface area contributed by atoms with E-state index < -0.39 is 0 Å². The van der Waals surface area contributed by atoms with Gasteiger partial charge in [-0.1, -0.05) is 0 Å². The molecule has 21 heavy (non-hydrogen) atoms. The molecule has 5 heteroatoms. The van der Waals surface area contributed by atoms with E-state index in [0.29, 0.717) is 6.04 Å². The van der Waals surface area contributed by atoms with Gasteiger partial charge in [-0.15, -0.1) is 0 Å². The Balaban J connectivity index is 1.58. The predicted molar refractivity (Wildman–Crippen MR) is 84.4 cm³/mol. The Morgan fingerprint density at radius 1 is 1.57 bits per heavy atom. The number of aromatic nitrogens is 1. The van der Waals surface area contributed by atoms with Crippen molar-refractivity contribution in [3.05, 3.63) is 46.6 Å². The van der Waals surface area contributed by atoms with Crippen LogP contribution in [-0.4, -0.2) is 16.5 Å². The maximum Gasteiger partial charge on any atom is 0.268 e. The third-order valence-electron chi connectivity index (χ3n) is 3.77. The van der Waals surface area contributed by atoms with Crippen molar-refractivity contribution in [3.8, 4) is 0 Å². The molecule has 1 aliphatic rings. The Bertz CT molecular complexity index is 614. The highest BCUT2D eigenvalue weighted by atomic mass is 79.9. The van der Waals surface area contributed by atoms with Gasteiger partial charge in [0.2, 0.25) is 0 Å². The molecule has 2 aromatic heterocycles. The average molecular weight is 351 g/mol. The molecule has 1 unspecified atom stereocenters. The van der Waals surface area contributed by atoms with Crippen molar-refractivity contribution in [2.24, 2.45) is 0 Å². The predicted octanol–water partition coefficient (Wildman–Crippen LogP) is 3.93. The number of amides is 1. The molecule has 0 aliphatic heterocycles. The van der Waals surface area contributed by atoms with Crippen molar-refractivity contribution in [2.75, 3.05) is 0 Å². The van der Waals surface area contributed by atoms with E-state index in [-0.39, 0.29) is 11.9 Å². The number of furan rings is 1. The highest BCUT2D eigenvalue weighted by molar-refractivity contribution is 9.10. The van der Waals surface area contributed by atoms with Crippen LogP contribution >= 0.6 is 15.9 Å². The van der Waals surface area contributed by atoms with Gasteiger partial charge in [-0.2, -0.15) is 0 Å². The Morgan fingerprint density at radius 2 is 2.38 bits per heavy atom. The lowest BCUT2D eigenvalue weighted by Crippen LogP contribution is -2.34. The van der Waals surface area contributed by atoms with Crippen molar-refractivity contribution in [2.45, 2.75) is 44.7 Å². The molecule has 3 rings (SSSR count). The van der Waals surface area contributed by atoms with E-state index in [1.165, 1.54) is 0 Å². The van der Waals surface area contributed by atoms with Crippen LogP contribution in [0, 0.1) is 0 Å². The number of aryl methyl sites for hydroxylation is 1. The number of hydrogen-bond acceptors (Lipinski definition) is 2. The SMILES string of the molecule is CC(CCc1ccco1)NC(=O)c1cc(Br)cn1C1CC1. The van der Waals surface area contributed by atoms with E-state index in [1.54, 1.807) is 6.26 Å². The normalized spacial score (nSPS) is 15.9. The first kappa shape index (κ1) is 14.4. The lowest BCUT2D eigenvalue weighted by Gasteiger charge is -2.14. The molecule has 1 atom stereocenters. The van der Waals surface area contributed by atoms with Gasteiger partial charge in [-0.25, -0.2) is 0 Å². The molecule has 0 aromatic carbocycles. The minimum atomic E-state index is -0.000421. The summed E-state index contributed by atoms with van der Waals surface area (Å²) < 4.78 is 8.36. The lowest BCUT2D eigenvalue weighted by atomic mass is 10.1. The Morgan fingerprint density at radius 3 is 3.05 bits per heavy atom. The number of hydrogen-bond donors (Lipinski definition) is 1. The van der Waals surface area contributed by atoms with Crippen LogP contribution in [0.3, 0.4) is 0 Å². The summed E-state index contributed by atoms with van der Waals surface area (Å²) in [5.74, 6) is 0.958. The first-order valence-electron chi connectivity index (χ1n) is 7.34. The fraction of sp³-hybridized carbons (Fsp3) is 0.438. The highest BCUT2D eigenvalue weighted by Crippen LogP contribution is 2.37. The second kappa shape index (κ2) is 6.10. The van der Waals surface area contributed by atoms with E-state index in [9.17, 15) is 4.79 Å². The molecule has 1 aliphatic carbocycles. The first-order chi connectivity index (χ1) is 10.1. The summed E-state index contributed by atoms with van der Waals surface area (Å²) in [6.07, 6.45) is 7.70. The second-order valence-electron chi connectivity index (χ2n) is 5.67. The van der Waals surface area contributed by atoms with Gasteiger partial charge in [0.1, 0.15) is 11.5 Å². The van der Waals surface area contributed by atoms with Crippen LogP contribution in [0.4, 0.5) is 0 Å². The fourth-order valence-corrected chi connectivity index (χ4v) is 2.90. The molecule has 112 valence electrons. The molecule has 4 nitrogen and oxygen atoms in total. The first-order valence-corrected chi connectivity index (χ1v) is 8.13. The van der Waals surface area contributed by atoms with E-state index >= 15 is 0 Å². The van der Waals surface area contributed by atoms with Gasteiger partial charge in [0.25, 0.3) is 5.91 Å². The second-order valence-corrected chi connectivity index (χ2v) is 6.59. The summed E-state index contributed by atoms with van der Waals surface area (Å²) in [5.41, 5.74) is 0.745. The molecule has 1 fully saturated rings. The van der Waals surface area contributed by atoms with Gasteiger partial charge >= 0.3 is 0 Å². The van der Waals surface area contributed by atoms with Crippen molar-refractivity contribution in [1.82, 2.24) is 9.88 Å². The third-order valence-corrected chi connectivity index (χ3v) is 4.20. The number of carbonyl (C=O) groups is 1. The number of rotatable bonds is 6. The van der Waals surface area contributed by atoms with Crippen LogP contribution in [0.1, 0.15) is 48.5 Å². The standard InChI is InChI=1S/C16H19BrN2O2/c1-11(4-7-14-3-2-8-21-14)18-16(20)15-9-12(17)10-19(15)13-5-6-13/h2-3,8-11,13H,4-7H2,1H3,(H,18,20). The van der Waals surface area contributed by atoms with Gasteiger partial charge in [0, 0.05) is 29.2 Å². The number of nitrogens with one attached hydrogen (secondary N) is 1. The molecule has 0 spiro atoms. The minimum Gasteiger partial charge on any atom is -0.469 e. The van der Waals surface area contributed by atoms with Crippen LogP contribution in [-0.2, 0) is 6.42 Å². The zero-order valence-corrected chi connectivity index (χ0v) is 13.6. The molecule has 1 amide bonds. The maximum atomic E-state index is 12.4. The van der Waals surface area contributed by atoms with Crippen LogP contribution in [0.15, 0.2) is 39.5 Å². The van der Waals surface area contributed by atoms with Crippen molar-refractivity contribution < 1.29 is 9.21 Å². The van der Waals surface area contributed by atoms with Gasteiger partial charge in [0.05, 0.1) is 6.26 Å². The molecule has 1 N–H and O–H groups in total. The van der Waals surface area contributed by atoms with Crippen molar-refractivity contribution in [3.63, 3.8) is 0 Å². The molecule has 0 bridgehead atoms. The van der Waals surface area contributed by atoms with Crippen molar-refractivity contribution >= 4 is 21.8 Å². The fourth-order valence-electron chi connectivity index (χ4n) is 2.47. The highest BCUT2D eigenvalue weighted by Gasteiger charge is 2.28. The number of carbonyl (C=O) groups excluding carboxylic acids is 1. The quantitative estimate of drug-likeness (QED) is 0.857. The average Bonchev–Trinajstić information content (AvgIpc) is 3.01. The zero-order chi connectivity index (χ0) is 14.8. The van der Waals surface area contributed by atoms with E-state index in [0.717, 1.165) is 41.6 Å². The summed E-state index contributed by atoms with van der Waals surface area (Å²) in [6.45, 7) is 2.03. The lowest BCUT2D eigenvalue weighted by molar-refractivity contribution is 0.0928. The van der Waals surface area contributed by atoms with Gasteiger partial charge in [-0.3, -0.25) is 4.79 Å². The molecular weight excluding hydrogens is 332 g/mol. The van der Waals surface area contributed by atoms with Crippen LogP contribution in [0.5, 0.6) is 0 Å². The molecular formula is C16H19BrN2O2. The minimum absolute atomic E-state index is 0.000421. The largest absolute Gasteiger partial charge is 0.469 e. The Hall–Kier alpha value is -1.49. The van der Waals surface area contributed by atoms with Crippen LogP contribution < -0.4 is 5.32 Å². The maximum absolute atomic E-state index is 12.4. The number of nitrogens with zero attached hydrogens (tertiary/aromatic N) is 1. The van der Waals surface area contributed by atoms with E-state index in [2.05, 4.69) is 25.8 Å². The van der Waals surface area contributed by atoms with Gasteiger partial charge in [-0.05, 0) is 60.3 Å². The number of halogens is 1. The summed E-state index contributed by atoms with van der Waals surface area (Å²) in [5, 5.41) is 3.07. The zero-order valence-electron chi connectivity index (χ0n) is 12.0. The topological polar surface area (TPSA) is 47.2 Å². The van der Waals surface area contributed by atoms with Gasteiger partial charge < -0.3 is 14.3 Å². The summed E-state index contributed by atoms with van der Waals surface area (Å²) in [7, 11) is 0. The summed E-state index contributed by atoms with van der Waals surface area (Å²) in [4.78, 5) is 12.4. The van der Waals surface area contributed by atoms with Gasteiger partial charge in [0.15, 0.2) is 0 Å². The molecule has 0 radical (unpaired) electrons. The Labute approximate surface area is 132 Å². The Kier molecular flexibility index (Phi) is 4.19. The van der Waals surface area contributed by atoms with E-state index in [4.69, 9.17) is 4.42 Å².